The molecule has 0 radical (unpaired) electrons. The smallest absolute Gasteiger partial charge is 0.261 e. The van der Waals surface area contributed by atoms with Crippen LogP contribution in [-0.4, -0.2) is 37.3 Å². The van der Waals surface area contributed by atoms with E-state index in [1.807, 2.05) is 12.1 Å². The highest BCUT2D eigenvalue weighted by molar-refractivity contribution is 6.99. The van der Waals surface area contributed by atoms with Crippen LogP contribution in [0.4, 0.5) is 0 Å². The Balaban J connectivity index is 2.59. The van der Waals surface area contributed by atoms with Crippen molar-refractivity contribution >= 4 is 18.7 Å². The Morgan fingerprint density at radius 3 is 1.79 bits per heavy atom. The Morgan fingerprint density at radius 2 is 1.39 bits per heavy atom. The van der Waals surface area contributed by atoms with Crippen molar-refractivity contribution in [3.8, 4) is 0 Å². The molecule has 28 heavy (non-hydrogen) atoms. The molecule has 0 amide bonds. The molecule has 0 heterocycles. The molecule has 0 saturated heterocycles. The second-order valence-corrected chi connectivity index (χ2v) is 12.8. The number of hydrogen-bond acceptors (Lipinski definition) is 3. The maximum atomic E-state index is 10.6. The molecule has 3 nitrogen and oxygen atoms in total. The molecule has 0 aliphatic heterocycles. The van der Waals surface area contributed by atoms with E-state index in [0.717, 1.165) is 25.7 Å². The van der Waals surface area contributed by atoms with Crippen LogP contribution >= 0.6 is 0 Å². The standard InChI is InChI=1S/C24H36O3Si/c1-5-6-9-18-23(22(26)19-25)27-28(24(2,3)4,20-14-10-7-11-15-20)21-16-12-8-13-17-21/h7-8,10-17,22-23,25-26H,5-6,9,18-19H2,1-4H3/t22-,23+/m1/s1. The first-order valence-electron chi connectivity index (χ1n) is 10.4. The van der Waals surface area contributed by atoms with E-state index in [1.54, 1.807) is 0 Å². The summed E-state index contributed by atoms with van der Waals surface area (Å²) < 4.78 is 7.00. The molecular formula is C24H36O3Si. The van der Waals surface area contributed by atoms with Crippen LogP contribution in [0.2, 0.25) is 5.04 Å². The van der Waals surface area contributed by atoms with Crippen LogP contribution in [0.5, 0.6) is 0 Å². The van der Waals surface area contributed by atoms with Gasteiger partial charge in [0.1, 0.15) is 6.10 Å². The molecule has 4 heteroatoms. The number of aliphatic hydroxyl groups is 2. The van der Waals surface area contributed by atoms with E-state index in [-0.39, 0.29) is 17.7 Å². The van der Waals surface area contributed by atoms with Crippen molar-refractivity contribution in [2.45, 2.75) is 70.6 Å². The van der Waals surface area contributed by atoms with Crippen LogP contribution in [0.25, 0.3) is 0 Å². The molecule has 0 spiro atoms. The summed E-state index contributed by atoms with van der Waals surface area (Å²) in [4.78, 5) is 0. The Bertz CT molecular complexity index is 643. The molecule has 2 rings (SSSR count). The molecule has 154 valence electrons. The van der Waals surface area contributed by atoms with Gasteiger partial charge in [0, 0.05) is 0 Å². The summed E-state index contributed by atoms with van der Waals surface area (Å²) in [6.45, 7) is 8.57. The fourth-order valence-corrected chi connectivity index (χ4v) is 8.71. The molecule has 2 aromatic rings. The summed E-state index contributed by atoms with van der Waals surface area (Å²) in [6, 6.07) is 20.9. The van der Waals surface area contributed by atoms with E-state index in [2.05, 4.69) is 76.2 Å². The van der Waals surface area contributed by atoms with Gasteiger partial charge in [0.25, 0.3) is 8.32 Å². The van der Waals surface area contributed by atoms with Gasteiger partial charge in [0.15, 0.2) is 0 Å². The van der Waals surface area contributed by atoms with E-state index in [0.29, 0.717) is 0 Å². The zero-order chi connectivity index (χ0) is 20.6. The van der Waals surface area contributed by atoms with Gasteiger partial charge in [0.2, 0.25) is 0 Å². The number of hydrogen-bond donors (Lipinski definition) is 2. The van der Waals surface area contributed by atoms with Gasteiger partial charge in [-0.15, -0.1) is 0 Å². The van der Waals surface area contributed by atoms with Gasteiger partial charge in [-0.3, -0.25) is 0 Å². The number of rotatable bonds is 10. The van der Waals surface area contributed by atoms with Crippen molar-refractivity contribution in [1.29, 1.82) is 0 Å². The summed E-state index contributed by atoms with van der Waals surface area (Å²) in [5.41, 5.74) is 0. The Morgan fingerprint density at radius 1 is 0.893 bits per heavy atom. The first kappa shape index (κ1) is 22.8. The first-order valence-corrected chi connectivity index (χ1v) is 12.4. The molecule has 2 N–H and O–H groups in total. The van der Waals surface area contributed by atoms with Gasteiger partial charge >= 0.3 is 0 Å². The third-order valence-corrected chi connectivity index (χ3v) is 10.5. The van der Waals surface area contributed by atoms with Crippen LogP contribution < -0.4 is 10.4 Å². The van der Waals surface area contributed by atoms with E-state index in [9.17, 15) is 10.2 Å². The van der Waals surface area contributed by atoms with Crippen molar-refractivity contribution in [3.05, 3.63) is 60.7 Å². The predicted octanol–water partition coefficient (Wildman–Crippen LogP) is 3.87. The highest BCUT2D eigenvalue weighted by Crippen LogP contribution is 2.38. The van der Waals surface area contributed by atoms with Crippen molar-refractivity contribution in [2.75, 3.05) is 6.61 Å². The zero-order valence-corrected chi connectivity index (χ0v) is 18.8. The molecule has 0 aliphatic rings. The Hall–Kier alpha value is -1.46. The minimum atomic E-state index is -2.72. The van der Waals surface area contributed by atoms with E-state index < -0.39 is 14.4 Å². The molecule has 0 bridgehead atoms. The third kappa shape index (κ3) is 5.12. The second-order valence-electron chi connectivity index (χ2n) is 8.57. The minimum absolute atomic E-state index is 0.145. The van der Waals surface area contributed by atoms with Crippen molar-refractivity contribution in [1.82, 2.24) is 0 Å². The van der Waals surface area contributed by atoms with Gasteiger partial charge in [0.05, 0.1) is 12.7 Å². The van der Waals surface area contributed by atoms with E-state index in [1.165, 1.54) is 10.4 Å². The van der Waals surface area contributed by atoms with Gasteiger partial charge in [-0.2, -0.15) is 0 Å². The lowest BCUT2D eigenvalue weighted by Crippen LogP contribution is -2.68. The second kappa shape index (κ2) is 10.4. The predicted molar refractivity (Wildman–Crippen MR) is 120 cm³/mol. The van der Waals surface area contributed by atoms with Gasteiger partial charge < -0.3 is 14.6 Å². The quantitative estimate of drug-likeness (QED) is 0.470. The van der Waals surface area contributed by atoms with Crippen LogP contribution in [0.1, 0.15) is 53.4 Å². The summed E-state index contributed by atoms with van der Waals surface area (Å²) >= 11 is 0. The molecule has 2 atom stereocenters. The maximum absolute atomic E-state index is 10.6. The average molecular weight is 401 g/mol. The molecular weight excluding hydrogens is 364 g/mol. The van der Waals surface area contributed by atoms with Crippen molar-refractivity contribution in [2.24, 2.45) is 0 Å². The minimum Gasteiger partial charge on any atom is -0.402 e. The van der Waals surface area contributed by atoms with E-state index in [4.69, 9.17) is 4.43 Å². The molecule has 2 aromatic carbocycles. The number of aliphatic hydroxyl groups excluding tert-OH is 2. The molecule has 0 aromatic heterocycles. The third-order valence-electron chi connectivity index (χ3n) is 5.45. The van der Waals surface area contributed by atoms with Crippen LogP contribution in [-0.2, 0) is 4.43 Å². The largest absolute Gasteiger partial charge is 0.402 e. The summed E-state index contributed by atoms with van der Waals surface area (Å²) in [5, 5.41) is 22.5. The number of benzene rings is 2. The van der Waals surface area contributed by atoms with Crippen molar-refractivity contribution < 1.29 is 14.6 Å². The first-order chi connectivity index (χ1) is 13.4. The molecule has 0 unspecified atom stereocenters. The van der Waals surface area contributed by atoms with Gasteiger partial charge in [-0.1, -0.05) is 108 Å². The average Bonchev–Trinajstić information content (AvgIpc) is 2.70. The summed E-state index contributed by atoms with van der Waals surface area (Å²) in [7, 11) is -2.72. The van der Waals surface area contributed by atoms with Crippen LogP contribution in [0.3, 0.4) is 0 Å². The SMILES string of the molecule is CCCCC[C@H](O[Si](c1ccccc1)(c1ccccc1)C(C)(C)C)[C@H](O)CO. The normalized spacial score (nSPS) is 14.6. The summed E-state index contributed by atoms with van der Waals surface area (Å²) in [5.74, 6) is 0. The number of unbranched alkanes of at least 4 members (excludes halogenated alkanes) is 2. The topological polar surface area (TPSA) is 49.7 Å². The van der Waals surface area contributed by atoms with Gasteiger partial charge in [-0.05, 0) is 21.8 Å². The van der Waals surface area contributed by atoms with Crippen LogP contribution in [0.15, 0.2) is 60.7 Å². The highest BCUT2D eigenvalue weighted by atomic mass is 28.4. The molecule has 0 saturated carbocycles. The lowest BCUT2D eigenvalue weighted by Gasteiger charge is -2.46. The fraction of sp³-hybridized carbons (Fsp3) is 0.500. The highest BCUT2D eigenvalue weighted by Gasteiger charge is 2.51. The Labute approximate surface area is 171 Å². The summed E-state index contributed by atoms with van der Waals surface area (Å²) in [6.07, 6.45) is 2.68. The Kier molecular flexibility index (Phi) is 8.44. The van der Waals surface area contributed by atoms with E-state index >= 15 is 0 Å². The molecule has 0 aliphatic carbocycles. The monoisotopic (exact) mass is 400 g/mol. The maximum Gasteiger partial charge on any atom is 0.261 e. The van der Waals surface area contributed by atoms with Crippen LogP contribution in [0, 0.1) is 0 Å². The zero-order valence-electron chi connectivity index (χ0n) is 17.8. The lowest BCUT2D eigenvalue weighted by molar-refractivity contribution is -0.0100. The fourth-order valence-electron chi connectivity index (χ4n) is 3.96. The lowest BCUT2D eigenvalue weighted by atomic mass is 10.1. The van der Waals surface area contributed by atoms with Gasteiger partial charge in [-0.25, -0.2) is 0 Å². The molecule has 0 fully saturated rings. The van der Waals surface area contributed by atoms with Crippen molar-refractivity contribution in [3.63, 3.8) is 0 Å².